The topological polar surface area (TPSA) is 78.0 Å². The summed E-state index contributed by atoms with van der Waals surface area (Å²) < 4.78 is 12.9. The van der Waals surface area contributed by atoms with E-state index in [-0.39, 0.29) is 24.2 Å². The van der Waals surface area contributed by atoms with Gasteiger partial charge in [0.1, 0.15) is 5.82 Å². The minimum atomic E-state index is -0.331. The highest BCUT2D eigenvalue weighted by atomic mass is 19.1. The third-order valence-corrected chi connectivity index (χ3v) is 3.25. The Labute approximate surface area is 122 Å². The van der Waals surface area contributed by atoms with Crippen molar-refractivity contribution >= 4 is 5.91 Å². The van der Waals surface area contributed by atoms with Gasteiger partial charge in [0.15, 0.2) is 0 Å². The number of aromatic amines is 1. The maximum absolute atomic E-state index is 12.9. The molecule has 2 aromatic rings. The zero-order chi connectivity index (χ0) is 15.2. The molecule has 1 amide bonds. The van der Waals surface area contributed by atoms with Gasteiger partial charge in [0, 0.05) is 18.7 Å². The maximum atomic E-state index is 12.9. The number of amides is 1. The average Bonchev–Trinajstić information content (AvgIpc) is 2.95. The lowest BCUT2D eigenvalue weighted by Crippen LogP contribution is -2.28. The van der Waals surface area contributed by atoms with Crippen LogP contribution in [0.25, 0.3) is 11.3 Å². The van der Waals surface area contributed by atoms with Crippen LogP contribution in [0, 0.1) is 11.7 Å². The van der Waals surface area contributed by atoms with E-state index in [1.165, 1.54) is 18.3 Å². The van der Waals surface area contributed by atoms with E-state index < -0.39 is 0 Å². The zero-order valence-corrected chi connectivity index (χ0v) is 11.8. The molecule has 0 fully saturated rings. The van der Waals surface area contributed by atoms with Crippen LogP contribution in [0.15, 0.2) is 30.5 Å². The van der Waals surface area contributed by atoms with Crippen LogP contribution >= 0.6 is 0 Å². The van der Waals surface area contributed by atoms with E-state index in [0.717, 1.165) is 0 Å². The summed E-state index contributed by atoms with van der Waals surface area (Å²) in [6.07, 6.45) is 2.08. The van der Waals surface area contributed by atoms with Gasteiger partial charge in [0.2, 0.25) is 0 Å². The number of hydrogen-bond donors (Lipinski definition) is 3. The van der Waals surface area contributed by atoms with Gasteiger partial charge in [-0.3, -0.25) is 9.89 Å². The van der Waals surface area contributed by atoms with Gasteiger partial charge in [-0.05, 0) is 36.6 Å². The van der Waals surface area contributed by atoms with Crippen molar-refractivity contribution in [2.75, 3.05) is 13.2 Å². The molecule has 5 nitrogen and oxygen atoms in total. The molecule has 0 saturated carbocycles. The highest BCUT2D eigenvalue weighted by molar-refractivity contribution is 5.99. The van der Waals surface area contributed by atoms with E-state index in [1.807, 2.05) is 6.92 Å². The molecule has 112 valence electrons. The first-order chi connectivity index (χ1) is 10.1. The molecule has 0 spiro atoms. The van der Waals surface area contributed by atoms with E-state index in [0.29, 0.717) is 29.8 Å². The van der Waals surface area contributed by atoms with Gasteiger partial charge in [-0.15, -0.1) is 0 Å². The Morgan fingerprint density at radius 3 is 2.81 bits per heavy atom. The van der Waals surface area contributed by atoms with Crippen molar-refractivity contribution in [1.29, 1.82) is 0 Å². The van der Waals surface area contributed by atoms with E-state index in [4.69, 9.17) is 5.11 Å². The highest BCUT2D eigenvalue weighted by Crippen LogP contribution is 2.21. The fourth-order valence-corrected chi connectivity index (χ4v) is 1.98. The van der Waals surface area contributed by atoms with E-state index in [2.05, 4.69) is 15.5 Å². The summed E-state index contributed by atoms with van der Waals surface area (Å²) in [4.78, 5) is 12.2. The van der Waals surface area contributed by atoms with Crippen molar-refractivity contribution in [1.82, 2.24) is 15.5 Å². The molecule has 1 aromatic carbocycles. The van der Waals surface area contributed by atoms with Gasteiger partial charge in [-0.25, -0.2) is 4.39 Å². The molecule has 1 atom stereocenters. The average molecular weight is 291 g/mol. The number of hydrogen-bond acceptors (Lipinski definition) is 3. The molecule has 21 heavy (non-hydrogen) atoms. The number of nitrogens with one attached hydrogen (secondary N) is 2. The maximum Gasteiger partial charge on any atom is 0.255 e. The highest BCUT2D eigenvalue weighted by Gasteiger charge is 2.15. The summed E-state index contributed by atoms with van der Waals surface area (Å²) in [6.45, 7) is 2.53. The predicted octanol–water partition coefficient (Wildman–Crippen LogP) is 1.96. The van der Waals surface area contributed by atoms with Gasteiger partial charge >= 0.3 is 0 Å². The molecule has 0 saturated heterocycles. The Bertz CT molecular complexity index is 595. The van der Waals surface area contributed by atoms with Crippen LogP contribution in [0.5, 0.6) is 0 Å². The number of nitrogens with zero attached hydrogens (tertiary/aromatic N) is 1. The first-order valence-corrected chi connectivity index (χ1v) is 6.80. The molecule has 0 aliphatic heterocycles. The lowest BCUT2D eigenvalue weighted by Gasteiger charge is -2.11. The summed E-state index contributed by atoms with van der Waals surface area (Å²) in [5.74, 6) is -0.380. The van der Waals surface area contributed by atoms with E-state index >= 15 is 0 Å². The Morgan fingerprint density at radius 2 is 2.14 bits per heavy atom. The number of carbonyl (C=O) groups is 1. The van der Waals surface area contributed by atoms with Crippen molar-refractivity contribution in [3.63, 3.8) is 0 Å². The van der Waals surface area contributed by atoms with Crippen molar-refractivity contribution in [3.8, 4) is 11.3 Å². The Kier molecular flexibility index (Phi) is 5.05. The normalized spacial score (nSPS) is 12.1. The van der Waals surface area contributed by atoms with Crippen LogP contribution in [0.1, 0.15) is 23.7 Å². The molecule has 0 aliphatic carbocycles. The van der Waals surface area contributed by atoms with Crippen molar-refractivity contribution in [2.45, 2.75) is 13.3 Å². The lowest BCUT2D eigenvalue weighted by molar-refractivity contribution is 0.0946. The van der Waals surface area contributed by atoms with Gasteiger partial charge < -0.3 is 10.4 Å². The molecule has 0 radical (unpaired) electrons. The molecular weight excluding hydrogens is 273 g/mol. The Hall–Kier alpha value is -2.21. The van der Waals surface area contributed by atoms with Gasteiger partial charge in [-0.2, -0.15) is 5.10 Å². The van der Waals surface area contributed by atoms with Gasteiger partial charge in [0.25, 0.3) is 5.91 Å². The minimum absolute atomic E-state index is 0.101. The SMILES string of the molecule is CC(CCO)CNC(=O)c1cn[nH]c1-c1ccc(F)cc1. The van der Waals surface area contributed by atoms with Gasteiger partial charge in [-0.1, -0.05) is 6.92 Å². The fourth-order valence-electron chi connectivity index (χ4n) is 1.98. The number of rotatable bonds is 6. The molecule has 1 aromatic heterocycles. The number of aromatic nitrogens is 2. The van der Waals surface area contributed by atoms with Crippen LogP contribution < -0.4 is 5.32 Å². The summed E-state index contributed by atoms with van der Waals surface area (Å²) in [5.41, 5.74) is 1.67. The number of aliphatic hydroxyl groups excluding tert-OH is 1. The van der Waals surface area contributed by atoms with Crippen LogP contribution in [-0.2, 0) is 0 Å². The summed E-state index contributed by atoms with van der Waals surface area (Å²) >= 11 is 0. The van der Waals surface area contributed by atoms with Crippen molar-refractivity contribution in [3.05, 3.63) is 41.8 Å². The second-order valence-electron chi connectivity index (χ2n) is 4.99. The van der Waals surface area contributed by atoms with E-state index in [1.54, 1.807) is 12.1 Å². The number of halogens is 1. The smallest absolute Gasteiger partial charge is 0.255 e. The predicted molar refractivity (Wildman–Crippen MR) is 77.2 cm³/mol. The Balaban J connectivity index is 2.09. The van der Waals surface area contributed by atoms with Crippen molar-refractivity contribution < 1.29 is 14.3 Å². The van der Waals surface area contributed by atoms with Crippen LogP contribution in [-0.4, -0.2) is 34.4 Å². The molecule has 6 heteroatoms. The Morgan fingerprint density at radius 1 is 1.43 bits per heavy atom. The molecule has 1 heterocycles. The first kappa shape index (κ1) is 15.2. The number of H-pyrrole nitrogens is 1. The monoisotopic (exact) mass is 291 g/mol. The summed E-state index contributed by atoms with van der Waals surface area (Å²) in [5, 5.41) is 18.3. The minimum Gasteiger partial charge on any atom is -0.396 e. The lowest BCUT2D eigenvalue weighted by atomic mass is 10.1. The molecular formula is C15H18FN3O2. The number of aliphatic hydroxyl groups is 1. The van der Waals surface area contributed by atoms with Crippen molar-refractivity contribution in [2.24, 2.45) is 5.92 Å². The summed E-state index contributed by atoms with van der Waals surface area (Å²) in [6, 6.07) is 5.85. The van der Waals surface area contributed by atoms with Crippen LogP contribution in [0.2, 0.25) is 0 Å². The third kappa shape index (κ3) is 3.88. The van der Waals surface area contributed by atoms with E-state index in [9.17, 15) is 9.18 Å². The largest absolute Gasteiger partial charge is 0.396 e. The second kappa shape index (κ2) is 6.99. The quantitative estimate of drug-likeness (QED) is 0.761. The first-order valence-electron chi connectivity index (χ1n) is 6.80. The van der Waals surface area contributed by atoms with Crippen LogP contribution in [0.3, 0.4) is 0 Å². The standard InChI is InChI=1S/C15H18FN3O2/c1-10(6-7-20)8-17-15(21)13-9-18-19-14(13)11-2-4-12(16)5-3-11/h2-5,9-10,20H,6-8H2,1H3,(H,17,21)(H,18,19). The second-order valence-corrected chi connectivity index (χ2v) is 4.99. The van der Waals surface area contributed by atoms with Crippen LogP contribution in [0.4, 0.5) is 4.39 Å². The van der Waals surface area contributed by atoms with Gasteiger partial charge in [0.05, 0.1) is 17.5 Å². The zero-order valence-electron chi connectivity index (χ0n) is 11.8. The molecule has 2 rings (SSSR count). The molecule has 0 aliphatic rings. The number of benzene rings is 1. The molecule has 1 unspecified atom stereocenters. The third-order valence-electron chi connectivity index (χ3n) is 3.25. The molecule has 3 N–H and O–H groups in total. The number of carbonyl (C=O) groups excluding carboxylic acids is 1. The fraction of sp³-hybridized carbons (Fsp3) is 0.333. The molecule has 0 bridgehead atoms. The summed E-state index contributed by atoms with van der Waals surface area (Å²) in [7, 11) is 0.